The molecule has 0 atom stereocenters. The van der Waals surface area contributed by atoms with E-state index in [9.17, 15) is 14.4 Å². The van der Waals surface area contributed by atoms with Crippen LogP contribution in [-0.2, 0) is 9.53 Å². The van der Waals surface area contributed by atoms with E-state index in [4.69, 9.17) is 4.74 Å². The van der Waals surface area contributed by atoms with Crippen molar-refractivity contribution in [2.24, 2.45) is 0 Å². The molecule has 0 bridgehead atoms. The molecule has 1 rings (SSSR count). The highest BCUT2D eigenvalue weighted by atomic mass is 16.5. The third-order valence-electron chi connectivity index (χ3n) is 2.15. The van der Waals surface area contributed by atoms with Gasteiger partial charge in [-0.3, -0.25) is 14.4 Å². The molecular formula is C12H15N3O4. The number of ether oxygens (including phenoxy) is 1. The molecule has 0 saturated carbocycles. The number of aromatic nitrogens is 2. The summed E-state index contributed by atoms with van der Waals surface area (Å²) < 4.78 is 4.78. The second-order valence-electron chi connectivity index (χ2n) is 3.58. The molecule has 0 unspecified atom stereocenters. The molecular weight excluding hydrogens is 250 g/mol. The molecule has 0 aromatic carbocycles. The Bertz CT molecular complexity index is 503. The van der Waals surface area contributed by atoms with Crippen LogP contribution in [0.3, 0.4) is 0 Å². The van der Waals surface area contributed by atoms with Gasteiger partial charge in [0.1, 0.15) is 12.2 Å². The minimum atomic E-state index is -0.512. The molecule has 0 saturated heterocycles. The minimum Gasteiger partial charge on any atom is -0.465 e. The topological polar surface area (TPSA) is 92.4 Å². The van der Waals surface area contributed by atoms with Gasteiger partial charge in [0.25, 0.3) is 11.5 Å². The molecule has 1 amide bonds. The number of hydrogen-bond donors (Lipinski definition) is 1. The molecule has 0 radical (unpaired) electrons. The van der Waals surface area contributed by atoms with Crippen LogP contribution in [0, 0.1) is 0 Å². The largest absolute Gasteiger partial charge is 0.465 e. The molecule has 102 valence electrons. The van der Waals surface area contributed by atoms with Crippen molar-refractivity contribution in [1.82, 2.24) is 14.9 Å². The lowest BCUT2D eigenvalue weighted by Gasteiger charge is -2.19. The molecule has 0 aliphatic rings. The number of carbonyl (C=O) groups is 2. The van der Waals surface area contributed by atoms with Gasteiger partial charge in [0.05, 0.1) is 12.8 Å². The van der Waals surface area contributed by atoms with Crippen LogP contribution >= 0.6 is 0 Å². The van der Waals surface area contributed by atoms with Gasteiger partial charge in [-0.1, -0.05) is 6.08 Å². The summed E-state index contributed by atoms with van der Waals surface area (Å²) in [5.41, 5.74) is -0.358. The Morgan fingerprint density at radius 2 is 2.32 bits per heavy atom. The van der Waals surface area contributed by atoms with Gasteiger partial charge < -0.3 is 14.6 Å². The standard InChI is InChI=1S/C12H15N3O4/c1-3-5-15(8-11(17)19-4-2)12(18)9-6-14-10(16)7-13-9/h3,6-7H,1,4-5,8H2,2H3,(H,14,16). The Kier molecular flexibility index (Phi) is 5.46. The van der Waals surface area contributed by atoms with Crippen molar-refractivity contribution in [2.45, 2.75) is 6.92 Å². The number of hydrogen-bond acceptors (Lipinski definition) is 5. The molecule has 1 aromatic heterocycles. The number of rotatable bonds is 6. The fourth-order valence-corrected chi connectivity index (χ4v) is 1.36. The maximum atomic E-state index is 12.1. The highest BCUT2D eigenvalue weighted by Crippen LogP contribution is 2.00. The van der Waals surface area contributed by atoms with E-state index in [0.717, 1.165) is 6.20 Å². The second-order valence-corrected chi connectivity index (χ2v) is 3.58. The first-order valence-electron chi connectivity index (χ1n) is 5.69. The Balaban J connectivity index is 2.83. The zero-order valence-electron chi connectivity index (χ0n) is 10.6. The molecule has 0 spiro atoms. The molecule has 1 heterocycles. The number of aromatic amines is 1. The molecule has 1 aromatic rings. The molecule has 0 fully saturated rings. The van der Waals surface area contributed by atoms with Crippen LogP contribution < -0.4 is 5.56 Å². The Hall–Kier alpha value is -2.44. The van der Waals surface area contributed by atoms with E-state index in [-0.39, 0.29) is 25.4 Å². The average Bonchev–Trinajstić information content (AvgIpc) is 2.38. The van der Waals surface area contributed by atoms with Crippen molar-refractivity contribution in [2.75, 3.05) is 19.7 Å². The van der Waals surface area contributed by atoms with Crippen LogP contribution in [0.1, 0.15) is 17.4 Å². The third-order valence-corrected chi connectivity index (χ3v) is 2.15. The number of esters is 1. The number of amides is 1. The van der Waals surface area contributed by atoms with E-state index >= 15 is 0 Å². The van der Waals surface area contributed by atoms with E-state index in [1.165, 1.54) is 17.2 Å². The van der Waals surface area contributed by atoms with Gasteiger partial charge in [-0.15, -0.1) is 6.58 Å². The first kappa shape index (κ1) is 14.6. The zero-order valence-corrected chi connectivity index (χ0v) is 10.6. The van der Waals surface area contributed by atoms with E-state index < -0.39 is 17.4 Å². The van der Waals surface area contributed by atoms with Gasteiger partial charge in [-0.25, -0.2) is 4.98 Å². The second kappa shape index (κ2) is 7.10. The molecule has 7 heteroatoms. The van der Waals surface area contributed by atoms with E-state index in [2.05, 4.69) is 16.5 Å². The van der Waals surface area contributed by atoms with E-state index in [1.807, 2.05) is 0 Å². The highest BCUT2D eigenvalue weighted by molar-refractivity contribution is 5.94. The minimum absolute atomic E-state index is 0.0470. The maximum absolute atomic E-state index is 12.1. The molecule has 1 N–H and O–H groups in total. The lowest BCUT2D eigenvalue weighted by Crippen LogP contribution is -2.37. The molecule has 0 aliphatic heterocycles. The Morgan fingerprint density at radius 1 is 1.58 bits per heavy atom. The fourth-order valence-electron chi connectivity index (χ4n) is 1.36. The quantitative estimate of drug-likeness (QED) is 0.575. The van der Waals surface area contributed by atoms with Gasteiger partial charge in [-0.05, 0) is 6.92 Å². The van der Waals surface area contributed by atoms with Crippen LogP contribution in [0.25, 0.3) is 0 Å². The summed E-state index contributed by atoms with van der Waals surface area (Å²) in [5.74, 6) is -0.994. The third kappa shape index (κ3) is 4.38. The van der Waals surface area contributed by atoms with E-state index in [0.29, 0.717) is 0 Å². The summed E-state index contributed by atoms with van der Waals surface area (Å²) in [6, 6.07) is 0. The van der Waals surface area contributed by atoms with Crippen LogP contribution in [0.2, 0.25) is 0 Å². The van der Waals surface area contributed by atoms with Gasteiger partial charge in [-0.2, -0.15) is 0 Å². The van der Waals surface area contributed by atoms with Gasteiger partial charge in [0, 0.05) is 12.7 Å². The van der Waals surface area contributed by atoms with Gasteiger partial charge in [0.15, 0.2) is 0 Å². The molecule has 7 nitrogen and oxygen atoms in total. The molecule has 0 aliphatic carbocycles. The van der Waals surface area contributed by atoms with Crippen molar-refractivity contribution < 1.29 is 14.3 Å². The lowest BCUT2D eigenvalue weighted by molar-refractivity contribution is -0.143. The molecule has 19 heavy (non-hydrogen) atoms. The Labute approximate surface area is 109 Å². The van der Waals surface area contributed by atoms with Crippen LogP contribution in [-0.4, -0.2) is 46.4 Å². The van der Waals surface area contributed by atoms with Crippen molar-refractivity contribution in [3.8, 4) is 0 Å². The van der Waals surface area contributed by atoms with Crippen molar-refractivity contribution in [1.29, 1.82) is 0 Å². The maximum Gasteiger partial charge on any atom is 0.325 e. The lowest BCUT2D eigenvalue weighted by atomic mass is 10.3. The number of nitrogens with one attached hydrogen (secondary N) is 1. The monoisotopic (exact) mass is 265 g/mol. The highest BCUT2D eigenvalue weighted by Gasteiger charge is 2.19. The van der Waals surface area contributed by atoms with Gasteiger partial charge in [0.2, 0.25) is 0 Å². The number of nitrogens with zero attached hydrogens (tertiary/aromatic N) is 2. The van der Waals surface area contributed by atoms with E-state index in [1.54, 1.807) is 6.92 Å². The predicted octanol–water partition coefficient (Wildman–Crippen LogP) is -0.0388. The van der Waals surface area contributed by atoms with Crippen LogP contribution in [0.4, 0.5) is 0 Å². The SMILES string of the molecule is C=CCN(CC(=O)OCC)C(=O)c1c[nH]c(=O)cn1. The van der Waals surface area contributed by atoms with Crippen molar-refractivity contribution in [3.05, 3.63) is 41.1 Å². The summed E-state index contributed by atoms with van der Waals surface area (Å²) in [5, 5.41) is 0. The zero-order chi connectivity index (χ0) is 14.3. The average molecular weight is 265 g/mol. The summed E-state index contributed by atoms with van der Waals surface area (Å²) in [7, 11) is 0. The number of carbonyl (C=O) groups excluding carboxylic acids is 2. The Morgan fingerprint density at radius 3 is 2.84 bits per heavy atom. The summed E-state index contributed by atoms with van der Waals surface area (Å²) in [6.45, 7) is 5.43. The normalized spacial score (nSPS) is 9.74. The summed E-state index contributed by atoms with van der Waals surface area (Å²) >= 11 is 0. The fraction of sp³-hybridized carbons (Fsp3) is 0.333. The smallest absolute Gasteiger partial charge is 0.325 e. The van der Waals surface area contributed by atoms with Crippen molar-refractivity contribution >= 4 is 11.9 Å². The predicted molar refractivity (Wildman–Crippen MR) is 67.6 cm³/mol. The first-order valence-corrected chi connectivity index (χ1v) is 5.69. The summed E-state index contributed by atoms with van der Waals surface area (Å²) in [6.07, 6.45) is 3.69. The number of H-pyrrole nitrogens is 1. The van der Waals surface area contributed by atoms with Gasteiger partial charge >= 0.3 is 5.97 Å². The van der Waals surface area contributed by atoms with Crippen LogP contribution in [0.5, 0.6) is 0 Å². The van der Waals surface area contributed by atoms with Crippen LogP contribution in [0.15, 0.2) is 29.8 Å². The summed E-state index contributed by atoms with van der Waals surface area (Å²) in [4.78, 5) is 41.6. The first-order chi connectivity index (χ1) is 9.08. The van der Waals surface area contributed by atoms with Crippen molar-refractivity contribution in [3.63, 3.8) is 0 Å².